The van der Waals surface area contributed by atoms with Gasteiger partial charge in [-0.25, -0.2) is 4.79 Å². The number of hydrogen-bond donors (Lipinski definition) is 1. The SMILES string of the molecule is COC(=O)[C@@]1(OC2CCCCC2)C[C@H](N2CCOCC2)[C@@H](NC(C)=O)[C@H]([C@H](OC(C)=O)[C@@H](COC(C)=O)OC(C)=O)O1. The number of amides is 1. The maximum absolute atomic E-state index is 13.6. The molecular weight excluding hydrogens is 556 g/mol. The number of ether oxygens (including phenoxy) is 7. The van der Waals surface area contributed by atoms with E-state index in [9.17, 15) is 24.0 Å². The van der Waals surface area contributed by atoms with E-state index in [0.717, 1.165) is 33.1 Å². The number of morpholine rings is 1. The van der Waals surface area contributed by atoms with E-state index in [0.29, 0.717) is 39.1 Å². The van der Waals surface area contributed by atoms with Gasteiger partial charge in [0.1, 0.15) is 12.7 Å². The fraction of sp³-hybridized carbons (Fsp3) is 0.821. The molecule has 1 aliphatic carbocycles. The molecule has 42 heavy (non-hydrogen) atoms. The fourth-order valence-corrected chi connectivity index (χ4v) is 5.93. The molecule has 2 heterocycles. The Morgan fingerprint density at radius 3 is 2.12 bits per heavy atom. The molecular formula is C28H44N2O12. The van der Waals surface area contributed by atoms with Gasteiger partial charge in [0.25, 0.3) is 5.79 Å². The zero-order valence-corrected chi connectivity index (χ0v) is 25.1. The second kappa shape index (κ2) is 15.6. The Morgan fingerprint density at radius 1 is 0.929 bits per heavy atom. The average molecular weight is 601 g/mol. The molecule has 0 aromatic heterocycles. The Kier molecular flexibility index (Phi) is 12.5. The van der Waals surface area contributed by atoms with Crippen LogP contribution in [0.2, 0.25) is 0 Å². The molecule has 2 saturated heterocycles. The van der Waals surface area contributed by atoms with E-state index in [-0.39, 0.29) is 12.5 Å². The second-order valence-corrected chi connectivity index (χ2v) is 10.9. The van der Waals surface area contributed by atoms with Crippen LogP contribution in [0.1, 0.15) is 66.2 Å². The Morgan fingerprint density at radius 2 is 1.57 bits per heavy atom. The summed E-state index contributed by atoms with van der Waals surface area (Å²) >= 11 is 0. The summed E-state index contributed by atoms with van der Waals surface area (Å²) in [4.78, 5) is 64.5. The van der Waals surface area contributed by atoms with Crippen LogP contribution in [0, 0.1) is 0 Å². The molecule has 14 nitrogen and oxygen atoms in total. The molecule has 1 amide bonds. The van der Waals surface area contributed by atoms with Crippen LogP contribution in [0.5, 0.6) is 0 Å². The molecule has 2 aliphatic heterocycles. The van der Waals surface area contributed by atoms with Crippen molar-refractivity contribution in [2.24, 2.45) is 0 Å². The van der Waals surface area contributed by atoms with Crippen LogP contribution in [0.4, 0.5) is 0 Å². The first-order valence-electron chi connectivity index (χ1n) is 14.5. The predicted molar refractivity (Wildman–Crippen MR) is 144 cm³/mol. The highest BCUT2D eigenvalue weighted by Gasteiger charge is 2.59. The summed E-state index contributed by atoms with van der Waals surface area (Å²) in [6, 6.07) is -1.46. The molecule has 1 saturated carbocycles. The smallest absolute Gasteiger partial charge is 0.366 e. The van der Waals surface area contributed by atoms with E-state index in [4.69, 9.17) is 33.2 Å². The minimum absolute atomic E-state index is 0.00735. The third kappa shape index (κ3) is 9.09. The van der Waals surface area contributed by atoms with Crippen LogP contribution in [-0.4, -0.2) is 117 Å². The summed E-state index contributed by atoms with van der Waals surface area (Å²) in [5, 5.41) is 2.91. The van der Waals surface area contributed by atoms with Gasteiger partial charge in [0, 0.05) is 53.2 Å². The van der Waals surface area contributed by atoms with Gasteiger partial charge in [-0.15, -0.1) is 0 Å². The van der Waals surface area contributed by atoms with Gasteiger partial charge in [0.15, 0.2) is 12.2 Å². The number of nitrogens with zero attached hydrogens (tertiary/aromatic N) is 1. The van der Waals surface area contributed by atoms with Crippen molar-refractivity contribution in [3.8, 4) is 0 Å². The van der Waals surface area contributed by atoms with E-state index in [1.807, 2.05) is 0 Å². The molecule has 0 radical (unpaired) electrons. The van der Waals surface area contributed by atoms with Crippen LogP contribution >= 0.6 is 0 Å². The van der Waals surface area contributed by atoms with E-state index in [1.165, 1.54) is 21.0 Å². The van der Waals surface area contributed by atoms with E-state index < -0.39 is 72.6 Å². The van der Waals surface area contributed by atoms with Crippen LogP contribution in [-0.2, 0) is 57.1 Å². The highest BCUT2D eigenvalue weighted by molar-refractivity contribution is 5.78. The minimum Gasteiger partial charge on any atom is -0.465 e. The van der Waals surface area contributed by atoms with Crippen molar-refractivity contribution in [3.63, 3.8) is 0 Å². The Bertz CT molecular complexity index is 965. The molecule has 0 unspecified atom stereocenters. The number of hydrogen-bond acceptors (Lipinski definition) is 13. The fourth-order valence-electron chi connectivity index (χ4n) is 5.93. The molecule has 3 fully saturated rings. The lowest BCUT2D eigenvalue weighted by Gasteiger charge is -2.53. The highest BCUT2D eigenvalue weighted by Crippen LogP contribution is 2.40. The van der Waals surface area contributed by atoms with Crippen molar-refractivity contribution >= 4 is 29.8 Å². The molecule has 0 aromatic rings. The molecule has 3 aliphatic rings. The standard InChI is InChI=1S/C28H44N2O12/c1-17(31)29-24-22(30-11-13-37-14-12-30)15-28(27(35)36-5,41-21-9-7-6-8-10-21)42-26(24)25(40-20(4)34)23(39-19(3)33)16-38-18(2)32/h21-26H,6-16H2,1-5H3,(H,29,31)/t22-,23+,24+,25+,26+,28+/m0/s1. The average Bonchev–Trinajstić information content (AvgIpc) is 2.94. The van der Waals surface area contributed by atoms with Gasteiger partial charge in [-0.1, -0.05) is 19.3 Å². The molecule has 6 atom stereocenters. The molecule has 14 heteroatoms. The summed E-state index contributed by atoms with van der Waals surface area (Å²) in [7, 11) is 1.22. The molecule has 0 bridgehead atoms. The molecule has 0 aromatic carbocycles. The topological polar surface area (TPSA) is 165 Å². The van der Waals surface area contributed by atoms with E-state index in [1.54, 1.807) is 0 Å². The first kappa shape index (κ1) is 33.7. The van der Waals surface area contributed by atoms with E-state index in [2.05, 4.69) is 10.2 Å². The first-order valence-corrected chi connectivity index (χ1v) is 14.5. The monoisotopic (exact) mass is 600 g/mol. The molecule has 0 spiro atoms. The Labute approximate surface area is 245 Å². The van der Waals surface area contributed by atoms with E-state index >= 15 is 0 Å². The van der Waals surface area contributed by atoms with Crippen LogP contribution < -0.4 is 5.32 Å². The van der Waals surface area contributed by atoms with Crippen molar-refractivity contribution in [3.05, 3.63) is 0 Å². The summed E-state index contributed by atoms with van der Waals surface area (Å²) in [5.41, 5.74) is 0. The second-order valence-electron chi connectivity index (χ2n) is 10.9. The maximum atomic E-state index is 13.6. The van der Waals surface area contributed by atoms with Gasteiger partial charge in [0.2, 0.25) is 5.91 Å². The van der Waals surface area contributed by atoms with Crippen molar-refractivity contribution < 1.29 is 57.1 Å². The van der Waals surface area contributed by atoms with Gasteiger partial charge < -0.3 is 38.5 Å². The molecule has 1 N–H and O–H groups in total. The summed E-state index contributed by atoms with van der Waals surface area (Å²) in [5.74, 6) is -5.29. The normalized spacial score (nSPS) is 28.5. The minimum atomic E-state index is -1.94. The number of methoxy groups -OCH3 is 1. The zero-order chi connectivity index (χ0) is 30.9. The number of esters is 4. The lowest BCUT2D eigenvalue weighted by molar-refractivity contribution is -0.323. The lowest BCUT2D eigenvalue weighted by Crippen LogP contribution is -2.72. The quantitative estimate of drug-likeness (QED) is 0.259. The highest BCUT2D eigenvalue weighted by atomic mass is 16.7. The number of rotatable bonds is 11. The van der Waals surface area contributed by atoms with Gasteiger partial charge in [-0.05, 0) is 12.8 Å². The van der Waals surface area contributed by atoms with Gasteiger partial charge >= 0.3 is 23.9 Å². The molecule has 3 rings (SSSR count). The predicted octanol–water partition coefficient (Wildman–Crippen LogP) is 0.626. The first-order chi connectivity index (χ1) is 20.0. The van der Waals surface area contributed by atoms with Gasteiger partial charge in [-0.3, -0.25) is 24.1 Å². The van der Waals surface area contributed by atoms with Crippen molar-refractivity contribution in [2.75, 3.05) is 40.0 Å². The summed E-state index contributed by atoms with van der Waals surface area (Å²) < 4.78 is 40.1. The number of carbonyl (C=O) groups excluding carboxylic acids is 5. The Balaban J connectivity index is 2.17. The van der Waals surface area contributed by atoms with Crippen LogP contribution in [0.25, 0.3) is 0 Å². The lowest BCUT2D eigenvalue weighted by atomic mass is 9.85. The third-order valence-corrected chi connectivity index (χ3v) is 7.62. The summed E-state index contributed by atoms with van der Waals surface area (Å²) in [6.07, 6.45) is -0.0905. The van der Waals surface area contributed by atoms with Gasteiger partial charge in [-0.2, -0.15) is 0 Å². The number of nitrogens with one attached hydrogen (secondary N) is 1. The van der Waals surface area contributed by atoms with Crippen molar-refractivity contribution in [2.45, 2.75) is 109 Å². The maximum Gasteiger partial charge on any atom is 0.366 e. The number of carbonyl (C=O) groups is 5. The summed E-state index contributed by atoms with van der Waals surface area (Å²) in [6.45, 7) is 6.14. The Hall–Kier alpha value is -2.81. The third-order valence-electron chi connectivity index (χ3n) is 7.62. The van der Waals surface area contributed by atoms with Gasteiger partial charge in [0.05, 0.1) is 32.5 Å². The molecule has 238 valence electrons. The van der Waals surface area contributed by atoms with Crippen LogP contribution in [0.3, 0.4) is 0 Å². The van der Waals surface area contributed by atoms with Crippen molar-refractivity contribution in [1.29, 1.82) is 0 Å². The van der Waals surface area contributed by atoms with Crippen LogP contribution in [0.15, 0.2) is 0 Å². The largest absolute Gasteiger partial charge is 0.465 e. The van der Waals surface area contributed by atoms with Crippen molar-refractivity contribution in [1.82, 2.24) is 10.2 Å². The zero-order valence-electron chi connectivity index (χ0n) is 25.1.